The molecule has 0 nitrogen and oxygen atoms in total. The maximum atomic E-state index is 2.24. The van der Waals surface area contributed by atoms with Gasteiger partial charge in [-0.15, -0.1) is 8.85 Å². The zero-order chi connectivity index (χ0) is 10.7. The second-order valence-electron chi connectivity index (χ2n) is 3.97. The maximum Gasteiger partial charge on any atom is 0.298 e. The summed E-state index contributed by atoms with van der Waals surface area (Å²) in [5.74, 6) is 0. The van der Waals surface area contributed by atoms with Gasteiger partial charge in [0.05, 0.1) is 0 Å². The Bertz CT molecular complexity index is 388. The summed E-state index contributed by atoms with van der Waals surface area (Å²) in [4.78, 5) is 0. The zero-order valence-corrected chi connectivity index (χ0v) is 10.4. The molecule has 75 valence electrons. The van der Waals surface area contributed by atoms with Gasteiger partial charge in [0, 0.05) is 1.43 Å². The van der Waals surface area contributed by atoms with Crippen molar-refractivity contribution < 1.29 is 1.43 Å². The van der Waals surface area contributed by atoms with Crippen LogP contribution >= 0.6 is 0 Å². The molecule has 0 aliphatic rings. The van der Waals surface area contributed by atoms with Crippen LogP contribution in [0.4, 0.5) is 0 Å². The van der Waals surface area contributed by atoms with E-state index in [9.17, 15) is 0 Å². The third kappa shape index (κ3) is 2.96. The van der Waals surface area contributed by atoms with Crippen LogP contribution in [0.3, 0.4) is 0 Å². The van der Waals surface area contributed by atoms with Crippen molar-refractivity contribution >= 4 is 24.1 Å². The van der Waals surface area contributed by atoms with Crippen molar-refractivity contribution in [3.63, 3.8) is 0 Å². The van der Waals surface area contributed by atoms with Crippen LogP contribution in [0, 0.1) is 13.8 Å². The summed E-state index contributed by atoms with van der Waals surface area (Å²) in [6.45, 7) is 4.26. The first kappa shape index (κ1) is 10.5. The Morgan fingerprint density at radius 1 is 0.667 bits per heavy atom. The molecule has 1 heteroatoms. The molecule has 0 N–H and O–H groups in total. The van der Waals surface area contributed by atoms with E-state index < -0.39 is 0 Å². The van der Waals surface area contributed by atoms with Gasteiger partial charge in [0.1, 0.15) is 0 Å². The normalized spacial score (nSPS) is 10.0. The van der Waals surface area contributed by atoms with Crippen LogP contribution in [0.1, 0.15) is 12.6 Å². The summed E-state index contributed by atoms with van der Waals surface area (Å²) in [5.41, 5.74) is 2.67. The highest BCUT2D eigenvalue weighted by atomic mass is 27.1. The van der Waals surface area contributed by atoms with Crippen LogP contribution in [0.5, 0.6) is 0 Å². The van der Waals surface area contributed by atoms with E-state index in [4.69, 9.17) is 0 Å². The third-order valence-electron chi connectivity index (χ3n) is 2.49. The molecule has 0 aromatic heterocycles. The first-order valence-corrected chi connectivity index (χ1v) is 6.37. The van der Waals surface area contributed by atoms with Crippen LogP contribution in [0.2, 0.25) is 0 Å². The fourth-order valence-electron chi connectivity index (χ4n) is 1.52. The molecular formula is C14H16Al. The van der Waals surface area contributed by atoms with Crippen molar-refractivity contribution in [2.75, 3.05) is 0 Å². The van der Waals surface area contributed by atoms with Crippen LogP contribution in [0.15, 0.2) is 48.5 Å². The highest BCUT2D eigenvalue weighted by Crippen LogP contribution is 1.94. The summed E-state index contributed by atoms with van der Waals surface area (Å²) in [7, 11) is 0. The van der Waals surface area contributed by atoms with E-state index in [0.717, 1.165) is 0 Å². The van der Waals surface area contributed by atoms with Crippen LogP contribution in [-0.2, 0) is 0 Å². The Kier molecular flexibility index (Phi) is 3.26. The van der Waals surface area contributed by atoms with Crippen molar-refractivity contribution in [2.24, 2.45) is 0 Å². The van der Waals surface area contributed by atoms with E-state index in [1.165, 1.54) is 20.0 Å². The summed E-state index contributed by atoms with van der Waals surface area (Å²) < 4.78 is 2.92. The summed E-state index contributed by atoms with van der Waals surface area (Å²) in [6, 6.07) is 17.7. The monoisotopic (exact) mass is 211 g/mol. The molecule has 0 amide bonds. The Morgan fingerprint density at radius 3 is 1.33 bits per heavy atom. The molecule has 0 aliphatic heterocycles. The third-order valence-corrected chi connectivity index (χ3v) is 3.92. The molecule has 0 bridgehead atoms. The minimum atomic E-state index is 0. The molecule has 0 spiro atoms. The van der Waals surface area contributed by atoms with Gasteiger partial charge in [-0.25, -0.2) is 0 Å². The fourth-order valence-corrected chi connectivity index (χ4v) is 2.67. The van der Waals surface area contributed by atoms with E-state index >= 15 is 0 Å². The van der Waals surface area contributed by atoms with Crippen molar-refractivity contribution in [1.82, 2.24) is 0 Å². The van der Waals surface area contributed by atoms with Gasteiger partial charge < -0.3 is 0 Å². The topological polar surface area (TPSA) is 0 Å². The Morgan fingerprint density at radius 2 is 1.00 bits per heavy atom. The number of aryl methyl sites for hydroxylation is 2. The van der Waals surface area contributed by atoms with Gasteiger partial charge in [0.25, 0.3) is 15.2 Å². The number of hydrogen-bond acceptors (Lipinski definition) is 0. The Labute approximate surface area is 99.2 Å². The second-order valence-corrected chi connectivity index (χ2v) is 5.59. The van der Waals surface area contributed by atoms with Gasteiger partial charge in [-0.05, 0) is 13.8 Å². The highest BCUT2D eigenvalue weighted by molar-refractivity contribution is 6.67. The van der Waals surface area contributed by atoms with Gasteiger partial charge in [0.15, 0.2) is 0 Å². The smallest absolute Gasteiger partial charge is 0.117 e. The van der Waals surface area contributed by atoms with E-state index in [2.05, 4.69) is 62.4 Å². The summed E-state index contributed by atoms with van der Waals surface area (Å²) in [5, 5.41) is 0. The molecule has 0 saturated heterocycles. The molecule has 1 radical (unpaired) electrons. The predicted molar refractivity (Wildman–Crippen MR) is 69.5 cm³/mol. The fraction of sp³-hybridized carbons (Fsp3) is 0.143. The van der Waals surface area contributed by atoms with Crippen molar-refractivity contribution in [1.29, 1.82) is 0 Å². The average molecular weight is 211 g/mol. The largest absolute Gasteiger partial charge is 0.298 e. The molecule has 2 rings (SSSR count). The molecule has 0 fully saturated rings. The lowest BCUT2D eigenvalue weighted by Crippen LogP contribution is -2.26. The standard InChI is InChI=1S/2C7H7.Al.H2/c2*1-7-5-3-2-4-6-7;;/h2*3-6H,1H3;;1H. The number of hydrogen-bond donors (Lipinski definition) is 0. The highest BCUT2D eigenvalue weighted by Gasteiger charge is 1.98. The van der Waals surface area contributed by atoms with Gasteiger partial charge in [-0.3, -0.25) is 0 Å². The molecule has 0 aliphatic carbocycles. The minimum absolute atomic E-state index is 0. The van der Waals surface area contributed by atoms with Crippen LogP contribution < -0.4 is 8.85 Å². The lowest BCUT2D eigenvalue weighted by Gasteiger charge is -2.01. The molecule has 2 aromatic rings. The molecule has 0 heterocycles. The van der Waals surface area contributed by atoms with Crippen molar-refractivity contribution in [3.8, 4) is 0 Å². The first-order chi connectivity index (χ1) is 7.24. The maximum absolute atomic E-state index is 2.24. The lowest BCUT2D eigenvalue weighted by molar-refractivity contribution is 1.48. The molecular weight excluding hydrogens is 195 g/mol. The minimum Gasteiger partial charge on any atom is -0.117 e. The molecule has 2 aromatic carbocycles. The summed E-state index contributed by atoms with van der Waals surface area (Å²) in [6.07, 6.45) is 0. The van der Waals surface area contributed by atoms with E-state index in [1.54, 1.807) is 0 Å². The zero-order valence-electron chi connectivity index (χ0n) is 9.20. The van der Waals surface area contributed by atoms with Crippen molar-refractivity contribution in [3.05, 3.63) is 59.7 Å². The van der Waals surface area contributed by atoms with E-state index in [-0.39, 0.29) is 16.6 Å². The van der Waals surface area contributed by atoms with Crippen LogP contribution in [-0.4, -0.2) is 15.2 Å². The quantitative estimate of drug-likeness (QED) is 0.668. The number of benzene rings is 2. The van der Waals surface area contributed by atoms with Crippen LogP contribution in [0.25, 0.3) is 0 Å². The number of rotatable bonds is 2. The lowest BCUT2D eigenvalue weighted by atomic mass is 10.2. The van der Waals surface area contributed by atoms with Gasteiger partial charge in [-0.1, -0.05) is 59.7 Å². The first-order valence-electron chi connectivity index (χ1n) is 5.22. The van der Waals surface area contributed by atoms with E-state index in [0.29, 0.717) is 0 Å². The SMILES string of the molecule is Cc1cc[c]([Al][c]2ccc(C)cc2)cc1.[HH]. The molecule has 0 saturated carbocycles. The van der Waals surface area contributed by atoms with Gasteiger partial charge >= 0.3 is 0 Å². The molecule has 0 atom stereocenters. The second kappa shape index (κ2) is 4.66. The summed E-state index contributed by atoms with van der Waals surface area (Å²) >= 11 is 0.252. The predicted octanol–water partition coefficient (Wildman–Crippen LogP) is 2.20. The molecule has 15 heavy (non-hydrogen) atoms. The van der Waals surface area contributed by atoms with Gasteiger partial charge in [-0.2, -0.15) is 0 Å². The van der Waals surface area contributed by atoms with Gasteiger partial charge in [0.2, 0.25) is 0 Å². The molecule has 0 unspecified atom stereocenters. The Hall–Kier alpha value is -1.03. The Balaban J connectivity index is 0.00000128. The average Bonchev–Trinajstić information content (AvgIpc) is 2.25. The van der Waals surface area contributed by atoms with Crippen molar-refractivity contribution in [2.45, 2.75) is 13.8 Å². The van der Waals surface area contributed by atoms with E-state index in [1.807, 2.05) is 0 Å².